The Morgan fingerprint density at radius 2 is 1.38 bits per heavy atom. The highest BCUT2D eigenvalue weighted by Gasteiger charge is 2.36. The van der Waals surface area contributed by atoms with Gasteiger partial charge in [0, 0.05) is 12.8 Å². The van der Waals surface area contributed by atoms with Gasteiger partial charge in [-0.3, -0.25) is 19.2 Å². The third kappa shape index (κ3) is 10.3. The summed E-state index contributed by atoms with van der Waals surface area (Å²) >= 11 is 0. The molecule has 4 atom stereocenters. The van der Waals surface area contributed by atoms with Gasteiger partial charge in [0.05, 0.1) is 31.5 Å². The first-order valence-electron chi connectivity index (χ1n) is 13.8. The molecule has 3 unspecified atom stereocenters. The van der Waals surface area contributed by atoms with Crippen molar-refractivity contribution in [1.82, 2.24) is 0 Å². The molecule has 0 radical (unpaired) electrons. The third-order valence-electron chi connectivity index (χ3n) is 7.20. The normalized spacial score (nSPS) is 15.2. The standard InChI is InChI=1S/C30H47NO8/c1-10-11-20(6)26(32)37-15-14-30(31,29(35)36-9)17-23-12-13-24(38-27(33)21(7)18(2)3)25(16-23)39-28(34)22(8)19(4)5/h12-13,16,18-22H,10-11,14-15,17,31H2,1-9H3/t20?,21?,22?,30-/m1/s1. The number of carbonyl (C=O) groups excluding carboxylic acids is 4. The lowest BCUT2D eigenvalue weighted by Crippen LogP contribution is -2.51. The van der Waals surface area contributed by atoms with E-state index >= 15 is 0 Å². The van der Waals surface area contributed by atoms with Crippen molar-refractivity contribution in [2.45, 2.75) is 86.6 Å². The fourth-order valence-electron chi connectivity index (χ4n) is 3.63. The number of nitrogens with two attached hydrogens (primary N) is 1. The second kappa shape index (κ2) is 15.6. The molecule has 0 aliphatic heterocycles. The van der Waals surface area contributed by atoms with E-state index in [0.717, 1.165) is 6.42 Å². The highest BCUT2D eigenvalue weighted by Crippen LogP contribution is 2.33. The van der Waals surface area contributed by atoms with Crippen LogP contribution in [0.15, 0.2) is 18.2 Å². The Morgan fingerprint density at radius 3 is 1.87 bits per heavy atom. The van der Waals surface area contributed by atoms with Crippen molar-refractivity contribution in [1.29, 1.82) is 0 Å². The molecule has 0 spiro atoms. The molecular formula is C30H47NO8. The zero-order valence-electron chi connectivity index (χ0n) is 25.0. The summed E-state index contributed by atoms with van der Waals surface area (Å²) in [6.45, 7) is 14.9. The molecule has 39 heavy (non-hydrogen) atoms. The summed E-state index contributed by atoms with van der Waals surface area (Å²) in [7, 11) is 1.23. The quantitative estimate of drug-likeness (QED) is 0.240. The van der Waals surface area contributed by atoms with Crippen LogP contribution < -0.4 is 15.2 Å². The van der Waals surface area contributed by atoms with Gasteiger partial charge in [0.2, 0.25) is 0 Å². The molecule has 0 heterocycles. The molecular weight excluding hydrogens is 502 g/mol. The van der Waals surface area contributed by atoms with Crippen LogP contribution in [0.2, 0.25) is 0 Å². The molecule has 0 saturated heterocycles. The van der Waals surface area contributed by atoms with E-state index in [-0.39, 0.29) is 60.6 Å². The predicted molar refractivity (Wildman–Crippen MR) is 148 cm³/mol. The second-order valence-corrected chi connectivity index (χ2v) is 11.1. The Kier molecular flexibility index (Phi) is 13.6. The molecule has 0 aliphatic rings. The van der Waals surface area contributed by atoms with Gasteiger partial charge in [-0.05, 0) is 36.0 Å². The monoisotopic (exact) mass is 549 g/mol. The molecule has 1 aromatic carbocycles. The first kappa shape index (κ1) is 34.1. The minimum absolute atomic E-state index is 0.00262. The number of methoxy groups -OCH3 is 1. The minimum Gasteiger partial charge on any atom is -0.468 e. The van der Waals surface area contributed by atoms with E-state index in [4.69, 9.17) is 24.7 Å². The van der Waals surface area contributed by atoms with E-state index in [0.29, 0.717) is 12.0 Å². The molecule has 9 heteroatoms. The first-order chi connectivity index (χ1) is 18.2. The molecule has 9 nitrogen and oxygen atoms in total. The summed E-state index contributed by atoms with van der Waals surface area (Å²) in [4.78, 5) is 50.3. The summed E-state index contributed by atoms with van der Waals surface area (Å²) in [6.07, 6.45) is 1.58. The van der Waals surface area contributed by atoms with Crippen LogP contribution in [0.25, 0.3) is 0 Å². The van der Waals surface area contributed by atoms with E-state index in [1.807, 2.05) is 34.6 Å². The average molecular weight is 550 g/mol. The maximum Gasteiger partial charge on any atom is 0.326 e. The Balaban J connectivity index is 3.26. The SMILES string of the molecule is CCCC(C)C(=O)OCC[C@@](N)(Cc1ccc(OC(=O)C(C)C(C)C)c(OC(=O)C(C)C(C)C)c1)C(=O)OC. The first-order valence-corrected chi connectivity index (χ1v) is 13.8. The van der Waals surface area contributed by atoms with Crippen LogP contribution in [0, 0.1) is 29.6 Å². The van der Waals surface area contributed by atoms with Crippen LogP contribution in [-0.4, -0.2) is 43.1 Å². The van der Waals surface area contributed by atoms with Gasteiger partial charge in [-0.25, -0.2) is 0 Å². The third-order valence-corrected chi connectivity index (χ3v) is 7.20. The van der Waals surface area contributed by atoms with Crippen LogP contribution in [0.3, 0.4) is 0 Å². The number of carbonyl (C=O) groups is 4. The molecule has 0 saturated carbocycles. The molecule has 2 N–H and O–H groups in total. The zero-order chi connectivity index (χ0) is 29.9. The Morgan fingerprint density at radius 1 is 0.846 bits per heavy atom. The largest absolute Gasteiger partial charge is 0.468 e. The molecule has 0 bridgehead atoms. The highest BCUT2D eigenvalue weighted by atomic mass is 16.6. The van der Waals surface area contributed by atoms with Crippen molar-refractivity contribution in [2.24, 2.45) is 35.3 Å². The number of rotatable bonds is 15. The van der Waals surface area contributed by atoms with Gasteiger partial charge in [0.1, 0.15) is 5.54 Å². The lowest BCUT2D eigenvalue weighted by atomic mass is 9.88. The average Bonchev–Trinajstić information content (AvgIpc) is 2.88. The molecule has 0 aromatic heterocycles. The van der Waals surface area contributed by atoms with Gasteiger partial charge in [-0.1, -0.05) is 67.9 Å². The predicted octanol–water partition coefficient (Wildman–Crippen LogP) is 4.86. The van der Waals surface area contributed by atoms with Crippen molar-refractivity contribution in [2.75, 3.05) is 13.7 Å². The Hall–Kier alpha value is -2.94. The molecule has 0 amide bonds. The van der Waals surface area contributed by atoms with Gasteiger partial charge in [-0.2, -0.15) is 0 Å². The maximum absolute atomic E-state index is 12.8. The lowest BCUT2D eigenvalue weighted by Gasteiger charge is -2.27. The van der Waals surface area contributed by atoms with Crippen LogP contribution in [0.5, 0.6) is 11.5 Å². The smallest absolute Gasteiger partial charge is 0.326 e. The number of benzene rings is 1. The van der Waals surface area contributed by atoms with Crippen LogP contribution in [0.1, 0.15) is 80.2 Å². The summed E-state index contributed by atoms with van der Waals surface area (Å²) in [5.74, 6) is -2.73. The summed E-state index contributed by atoms with van der Waals surface area (Å²) in [5.41, 5.74) is 5.51. The zero-order valence-corrected chi connectivity index (χ0v) is 25.0. The number of ether oxygens (including phenoxy) is 4. The van der Waals surface area contributed by atoms with Crippen molar-refractivity contribution in [3.05, 3.63) is 23.8 Å². The van der Waals surface area contributed by atoms with E-state index in [2.05, 4.69) is 0 Å². The second-order valence-electron chi connectivity index (χ2n) is 11.1. The minimum atomic E-state index is -1.51. The van der Waals surface area contributed by atoms with E-state index in [9.17, 15) is 19.2 Å². The molecule has 0 aliphatic carbocycles. The van der Waals surface area contributed by atoms with Gasteiger partial charge in [0.15, 0.2) is 11.5 Å². The van der Waals surface area contributed by atoms with E-state index in [1.54, 1.807) is 26.8 Å². The Labute approximate surface area is 233 Å². The van der Waals surface area contributed by atoms with Crippen molar-refractivity contribution < 1.29 is 38.1 Å². The van der Waals surface area contributed by atoms with Gasteiger partial charge in [0.25, 0.3) is 0 Å². The molecule has 1 rings (SSSR count). The number of esters is 4. The van der Waals surface area contributed by atoms with Crippen LogP contribution >= 0.6 is 0 Å². The Bertz CT molecular complexity index is 989. The van der Waals surface area contributed by atoms with Crippen LogP contribution in [0.4, 0.5) is 0 Å². The fourth-order valence-corrected chi connectivity index (χ4v) is 3.63. The summed E-state index contributed by atoms with van der Waals surface area (Å²) in [5, 5.41) is 0. The number of hydrogen-bond acceptors (Lipinski definition) is 9. The van der Waals surface area contributed by atoms with Crippen molar-refractivity contribution in [3.8, 4) is 11.5 Å². The van der Waals surface area contributed by atoms with Crippen LogP contribution in [-0.2, 0) is 35.1 Å². The van der Waals surface area contributed by atoms with E-state index < -0.39 is 29.4 Å². The number of hydrogen-bond donors (Lipinski definition) is 1. The molecule has 1 aromatic rings. The molecule has 220 valence electrons. The lowest BCUT2D eigenvalue weighted by molar-refractivity contribution is -0.153. The summed E-state index contributed by atoms with van der Waals surface area (Å²) in [6, 6.07) is 4.70. The molecule has 0 fully saturated rings. The van der Waals surface area contributed by atoms with E-state index in [1.165, 1.54) is 19.2 Å². The van der Waals surface area contributed by atoms with Crippen molar-refractivity contribution >= 4 is 23.9 Å². The fraction of sp³-hybridized carbons (Fsp3) is 0.667. The highest BCUT2D eigenvalue weighted by molar-refractivity contribution is 5.81. The topological polar surface area (TPSA) is 131 Å². The maximum atomic E-state index is 12.8. The van der Waals surface area contributed by atoms with Gasteiger partial charge in [-0.15, -0.1) is 0 Å². The summed E-state index contributed by atoms with van der Waals surface area (Å²) < 4.78 is 21.6. The van der Waals surface area contributed by atoms with Gasteiger partial charge >= 0.3 is 23.9 Å². The van der Waals surface area contributed by atoms with Crippen molar-refractivity contribution in [3.63, 3.8) is 0 Å². The van der Waals surface area contributed by atoms with Gasteiger partial charge < -0.3 is 24.7 Å².